The third-order valence-corrected chi connectivity index (χ3v) is 4.73. The number of carbonyl (C=O) groups excluding carboxylic acids is 1. The first-order valence-corrected chi connectivity index (χ1v) is 8.56. The van der Waals surface area contributed by atoms with Crippen molar-refractivity contribution in [2.45, 2.75) is 13.5 Å². The van der Waals surface area contributed by atoms with Gasteiger partial charge in [-0.1, -0.05) is 41.9 Å². The Morgan fingerprint density at radius 3 is 2.62 bits per heavy atom. The van der Waals surface area contributed by atoms with E-state index in [4.69, 9.17) is 11.6 Å². The molecule has 0 atom stereocenters. The van der Waals surface area contributed by atoms with Gasteiger partial charge in [0.25, 0.3) is 5.91 Å². The lowest BCUT2D eigenvalue weighted by Gasteiger charge is -2.30. The molecule has 2 aromatic rings. The van der Waals surface area contributed by atoms with Crippen LogP contribution in [0, 0.1) is 6.92 Å². The van der Waals surface area contributed by atoms with Crippen LogP contribution in [0.25, 0.3) is 0 Å². The van der Waals surface area contributed by atoms with E-state index in [0.717, 1.165) is 31.7 Å². The van der Waals surface area contributed by atoms with Gasteiger partial charge in [0.1, 0.15) is 10.7 Å². The maximum absolute atomic E-state index is 12.6. The molecule has 6 nitrogen and oxygen atoms in total. The number of likely N-dealkylation sites (N-methyl/N-ethyl adjacent to an activating group) is 1. The summed E-state index contributed by atoms with van der Waals surface area (Å²) in [4.78, 5) is 14.1. The minimum atomic E-state index is -0.184. The van der Waals surface area contributed by atoms with E-state index < -0.39 is 0 Å². The molecule has 1 aliphatic heterocycles. The molecule has 24 heavy (non-hydrogen) atoms. The highest BCUT2D eigenvalue weighted by Gasteiger charge is 2.24. The van der Waals surface area contributed by atoms with Gasteiger partial charge >= 0.3 is 0 Å². The Morgan fingerprint density at radius 1 is 1.29 bits per heavy atom. The SMILES string of the molecule is Cc1nn(Cc2ccccc2)c(Cl)c1C(=O)NN1CC[NH+](C)CC1. The van der Waals surface area contributed by atoms with Gasteiger partial charge in [0.2, 0.25) is 0 Å². The van der Waals surface area contributed by atoms with Crippen molar-refractivity contribution in [3.8, 4) is 0 Å². The molecule has 0 radical (unpaired) electrons. The standard InChI is InChI=1S/C17H22ClN5O/c1-13-15(17(24)20-22-10-8-21(2)9-11-22)16(18)23(19-13)12-14-6-4-3-5-7-14/h3-7H,8-12H2,1-2H3,(H,20,24)/p+1. The van der Waals surface area contributed by atoms with Crippen molar-refractivity contribution in [1.29, 1.82) is 0 Å². The summed E-state index contributed by atoms with van der Waals surface area (Å²) in [5.41, 5.74) is 5.16. The summed E-state index contributed by atoms with van der Waals surface area (Å²) in [6.07, 6.45) is 0. The molecule has 128 valence electrons. The Kier molecular flexibility index (Phi) is 5.18. The largest absolute Gasteiger partial charge is 0.335 e. The average molecular weight is 349 g/mol. The highest BCUT2D eigenvalue weighted by molar-refractivity contribution is 6.33. The molecule has 1 aromatic heterocycles. The zero-order chi connectivity index (χ0) is 17.1. The second kappa shape index (κ2) is 7.34. The second-order valence-corrected chi connectivity index (χ2v) is 6.64. The van der Waals surface area contributed by atoms with E-state index in [9.17, 15) is 4.79 Å². The van der Waals surface area contributed by atoms with Crippen molar-refractivity contribution < 1.29 is 9.69 Å². The lowest BCUT2D eigenvalue weighted by atomic mass is 10.2. The van der Waals surface area contributed by atoms with Crippen LogP contribution < -0.4 is 10.3 Å². The minimum absolute atomic E-state index is 0.184. The predicted molar refractivity (Wildman–Crippen MR) is 93.2 cm³/mol. The van der Waals surface area contributed by atoms with E-state index in [1.54, 1.807) is 4.68 Å². The van der Waals surface area contributed by atoms with Gasteiger partial charge in [-0.15, -0.1) is 0 Å². The van der Waals surface area contributed by atoms with Gasteiger partial charge in [0.05, 0.1) is 45.5 Å². The maximum atomic E-state index is 12.6. The molecule has 2 N–H and O–H groups in total. The van der Waals surface area contributed by atoms with Gasteiger partial charge in [-0.3, -0.25) is 10.2 Å². The molecule has 0 saturated carbocycles. The number of quaternary nitrogens is 1. The molecule has 2 heterocycles. The van der Waals surface area contributed by atoms with E-state index in [-0.39, 0.29) is 5.91 Å². The van der Waals surface area contributed by atoms with Gasteiger partial charge < -0.3 is 4.90 Å². The first-order chi connectivity index (χ1) is 11.5. The summed E-state index contributed by atoms with van der Waals surface area (Å²) in [5, 5.41) is 6.77. The number of hydrazine groups is 1. The Labute approximate surface area is 147 Å². The fraction of sp³-hybridized carbons (Fsp3) is 0.412. The third-order valence-electron chi connectivity index (χ3n) is 4.34. The van der Waals surface area contributed by atoms with Crippen LogP contribution in [0.4, 0.5) is 0 Å². The molecular formula is C17H23ClN5O+. The topological polar surface area (TPSA) is 54.6 Å². The lowest BCUT2D eigenvalue weighted by Crippen LogP contribution is -3.12. The molecule has 1 aromatic carbocycles. The smallest absolute Gasteiger partial charge is 0.270 e. The summed E-state index contributed by atoms with van der Waals surface area (Å²) >= 11 is 6.43. The van der Waals surface area contributed by atoms with Crippen molar-refractivity contribution in [3.05, 3.63) is 52.3 Å². The Bertz CT molecular complexity index is 707. The molecule has 0 bridgehead atoms. The molecule has 1 amide bonds. The van der Waals surface area contributed by atoms with Crippen molar-refractivity contribution in [2.75, 3.05) is 33.2 Å². The van der Waals surface area contributed by atoms with Crippen LogP contribution >= 0.6 is 11.6 Å². The van der Waals surface area contributed by atoms with Crippen LogP contribution in [0.5, 0.6) is 0 Å². The number of aromatic nitrogens is 2. The molecular weight excluding hydrogens is 326 g/mol. The van der Waals surface area contributed by atoms with Gasteiger partial charge in [0, 0.05) is 0 Å². The summed E-state index contributed by atoms with van der Waals surface area (Å²) in [6, 6.07) is 9.94. The van der Waals surface area contributed by atoms with Crippen LogP contribution in [-0.2, 0) is 6.54 Å². The first-order valence-electron chi connectivity index (χ1n) is 8.18. The molecule has 0 aliphatic carbocycles. The monoisotopic (exact) mass is 348 g/mol. The van der Waals surface area contributed by atoms with E-state index in [1.165, 1.54) is 4.90 Å². The van der Waals surface area contributed by atoms with E-state index in [2.05, 4.69) is 17.6 Å². The molecule has 1 fully saturated rings. The van der Waals surface area contributed by atoms with Gasteiger partial charge in [-0.05, 0) is 12.5 Å². The van der Waals surface area contributed by atoms with Gasteiger partial charge in [0.15, 0.2) is 0 Å². The molecule has 1 saturated heterocycles. The Balaban J connectivity index is 1.72. The van der Waals surface area contributed by atoms with Crippen LogP contribution in [0.3, 0.4) is 0 Å². The zero-order valence-corrected chi connectivity index (χ0v) is 14.8. The fourth-order valence-corrected chi connectivity index (χ4v) is 3.19. The van der Waals surface area contributed by atoms with Crippen LogP contribution in [0.2, 0.25) is 5.15 Å². The van der Waals surface area contributed by atoms with E-state index >= 15 is 0 Å². The summed E-state index contributed by atoms with van der Waals surface area (Å²) < 4.78 is 1.68. The maximum Gasteiger partial charge on any atom is 0.270 e. The molecule has 0 spiro atoms. The summed E-state index contributed by atoms with van der Waals surface area (Å²) in [7, 11) is 2.16. The fourth-order valence-electron chi connectivity index (χ4n) is 2.87. The zero-order valence-electron chi connectivity index (χ0n) is 14.1. The number of amides is 1. The number of nitrogens with zero attached hydrogens (tertiary/aromatic N) is 3. The predicted octanol–water partition coefficient (Wildman–Crippen LogP) is 0.368. The van der Waals surface area contributed by atoms with Crippen LogP contribution in [0.1, 0.15) is 21.6 Å². The highest BCUT2D eigenvalue weighted by Crippen LogP contribution is 2.21. The van der Waals surface area contributed by atoms with Crippen LogP contribution in [-0.4, -0.2) is 53.9 Å². The average Bonchev–Trinajstić information content (AvgIpc) is 2.84. The van der Waals surface area contributed by atoms with Crippen molar-refractivity contribution in [3.63, 3.8) is 0 Å². The van der Waals surface area contributed by atoms with Gasteiger partial charge in [-0.25, -0.2) is 9.69 Å². The number of aryl methyl sites for hydroxylation is 1. The highest BCUT2D eigenvalue weighted by atomic mass is 35.5. The van der Waals surface area contributed by atoms with Crippen molar-refractivity contribution in [2.24, 2.45) is 0 Å². The van der Waals surface area contributed by atoms with Crippen LogP contribution in [0.15, 0.2) is 30.3 Å². The summed E-state index contributed by atoms with van der Waals surface area (Å²) in [6.45, 7) is 6.07. The number of benzene rings is 1. The number of carbonyl (C=O) groups is 1. The quantitative estimate of drug-likeness (QED) is 0.839. The molecule has 1 aliphatic rings. The number of hydrogen-bond acceptors (Lipinski definition) is 3. The normalized spacial score (nSPS) is 16.3. The van der Waals surface area contributed by atoms with Crippen molar-refractivity contribution in [1.82, 2.24) is 20.2 Å². The Morgan fingerprint density at radius 2 is 1.96 bits per heavy atom. The molecule has 7 heteroatoms. The van der Waals surface area contributed by atoms with E-state index in [0.29, 0.717) is 23.0 Å². The number of rotatable bonds is 4. The van der Waals surface area contributed by atoms with Crippen molar-refractivity contribution >= 4 is 17.5 Å². The molecule has 3 rings (SSSR count). The Hall–Kier alpha value is -1.89. The number of piperazine rings is 1. The molecule has 0 unspecified atom stereocenters. The summed E-state index contributed by atoms with van der Waals surface area (Å²) in [5.74, 6) is -0.184. The first kappa shape index (κ1) is 17.0. The van der Waals surface area contributed by atoms with Gasteiger partial charge in [-0.2, -0.15) is 5.10 Å². The number of nitrogens with one attached hydrogen (secondary N) is 2. The minimum Gasteiger partial charge on any atom is -0.335 e. The third kappa shape index (κ3) is 3.77. The lowest BCUT2D eigenvalue weighted by molar-refractivity contribution is -0.884. The van der Waals surface area contributed by atoms with E-state index in [1.807, 2.05) is 42.3 Å². The number of halogens is 1. The number of hydrogen-bond donors (Lipinski definition) is 2. The second-order valence-electron chi connectivity index (χ2n) is 6.28.